The van der Waals surface area contributed by atoms with Gasteiger partial charge in [-0.2, -0.15) is 0 Å². The third kappa shape index (κ3) is 2.06. The highest BCUT2D eigenvalue weighted by Crippen LogP contribution is 2.29. The second-order valence-corrected chi connectivity index (χ2v) is 4.37. The van der Waals surface area contributed by atoms with Gasteiger partial charge in [0, 0.05) is 17.3 Å². The van der Waals surface area contributed by atoms with Crippen LogP contribution >= 0.6 is 0 Å². The summed E-state index contributed by atoms with van der Waals surface area (Å²) in [6, 6.07) is 2.01. The predicted octanol–water partition coefficient (Wildman–Crippen LogP) is 2.72. The summed E-state index contributed by atoms with van der Waals surface area (Å²) in [6.07, 6.45) is 1.84. The van der Waals surface area contributed by atoms with E-state index in [2.05, 4.69) is 37.7 Å². The summed E-state index contributed by atoms with van der Waals surface area (Å²) in [5.74, 6) is 1.44. The van der Waals surface area contributed by atoms with Gasteiger partial charge in [-0.1, -0.05) is 27.7 Å². The van der Waals surface area contributed by atoms with E-state index in [1.165, 1.54) is 0 Å². The molecule has 1 aromatic rings. The Morgan fingerprint density at radius 1 is 1.31 bits per heavy atom. The summed E-state index contributed by atoms with van der Waals surface area (Å²) in [4.78, 5) is 8.56. The lowest BCUT2D eigenvalue weighted by Gasteiger charge is -2.28. The molecule has 2 heteroatoms. The molecule has 0 amide bonds. The van der Waals surface area contributed by atoms with Crippen molar-refractivity contribution in [3.05, 3.63) is 23.8 Å². The quantitative estimate of drug-likeness (QED) is 0.696. The number of hydrogen-bond donors (Lipinski definition) is 0. The Labute approximate surface area is 80.4 Å². The van der Waals surface area contributed by atoms with Gasteiger partial charge in [-0.25, -0.2) is 9.97 Å². The highest BCUT2D eigenvalue weighted by Gasteiger charge is 2.26. The molecule has 1 aromatic heterocycles. The van der Waals surface area contributed by atoms with Gasteiger partial charge in [0.1, 0.15) is 5.82 Å². The number of rotatable bonds is 2. The molecule has 1 rings (SSSR count). The average Bonchev–Trinajstić information content (AvgIpc) is 2.04. The fourth-order valence-corrected chi connectivity index (χ4v) is 1.11. The van der Waals surface area contributed by atoms with E-state index >= 15 is 0 Å². The molecular formula is C11H18N2. The monoisotopic (exact) mass is 178 g/mol. The largest absolute Gasteiger partial charge is 0.242 e. The van der Waals surface area contributed by atoms with Crippen LogP contribution in [0.2, 0.25) is 0 Å². The zero-order chi connectivity index (χ0) is 10.1. The Bertz CT molecular complexity index is 290. The van der Waals surface area contributed by atoms with Crippen molar-refractivity contribution in [1.29, 1.82) is 0 Å². The first-order valence-corrected chi connectivity index (χ1v) is 4.74. The zero-order valence-corrected chi connectivity index (χ0v) is 9.13. The lowest BCUT2D eigenvalue weighted by atomic mass is 9.78. The minimum absolute atomic E-state index is 0.133. The van der Waals surface area contributed by atoms with E-state index in [-0.39, 0.29) is 5.41 Å². The zero-order valence-electron chi connectivity index (χ0n) is 9.13. The van der Waals surface area contributed by atoms with Crippen molar-refractivity contribution >= 4 is 0 Å². The fourth-order valence-electron chi connectivity index (χ4n) is 1.11. The van der Waals surface area contributed by atoms with E-state index in [0.717, 1.165) is 11.5 Å². The Morgan fingerprint density at radius 3 is 2.38 bits per heavy atom. The maximum atomic E-state index is 4.46. The van der Waals surface area contributed by atoms with Gasteiger partial charge in [0.25, 0.3) is 0 Å². The third-order valence-corrected chi connectivity index (χ3v) is 2.88. The number of aromatic nitrogens is 2. The summed E-state index contributed by atoms with van der Waals surface area (Å²) in [6.45, 7) is 10.8. The normalized spacial score (nSPS) is 12.2. The molecule has 0 saturated heterocycles. The summed E-state index contributed by atoms with van der Waals surface area (Å²) in [5.41, 5.74) is 1.27. The molecule has 0 unspecified atom stereocenters. The molecule has 0 aliphatic heterocycles. The topological polar surface area (TPSA) is 25.8 Å². The first kappa shape index (κ1) is 10.2. The molecule has 0 atom stereocenters. The van der Waals surface area contributed by atoms with Crippen LogP contribution in [0.1, 0.15) is 39.2 Å². The van der Waals surface area contributed by atoms with E-state index < -0.39 is 0 Å². The molecule has 0 spiro atoms. The van der Waals surface area contributed by atoms with Crippen molar-refractivity contribution in [3.8, 4) is 0 Å². The van der Waals surface area contributed by atoms with Crippen molar-refractivity contribution in [2.75, 3.05) is 0 Å². The highest BCUT2D eigenvalue weighted by molar-refractivity contribution is 5.14. The first-order valence-electron chi connectivity index (χ1n) is 4.74. The van der Waals surface area contributed by atoms with Crippen molar-refractivity contribution < 1.29 is 0 Å². The Morgan fingerprint density at radius 2 is 1.92 bits per heavy atom. The molecule has 0 N–H and O–H groups in total. The Kier molecular flexibility index (Phi) is 2.69. The van der Waals surface area contributed by atoms with Crippen LogP contribution in [-0.2, 0) is 5.41 Å². The lowest BCUT2D eigenvalue weighted by molar-refractivity contribution is 0.361. The standard InChI is InChI=1S/C11H18N2/c1-8(2)11(4,5)10-6-7-12-9(3)13-10/h6-8H,1-5H3. The van der Waals surface area contributed by atoms with E-state index in [1.807, 2.05) is 19.2 Å². The smallest absolute Gasteiger partial charge is 0.125 e. The van der Waals surface area contributed by atoms with Crippen LogP contribution in [0.5, 0.6) is 0 Å². The van der Waals surface area contributed by atoms with Gasteiger partial charge >= 0.3 is 0 Å². The van der Waals surface area contributed by atoms with Crippen molar-refractivity contribution in [2.45, 2.75) is 40.0 Å². The van der Waals surface area contributed by atoms with Gasteiger partial charge in [0.05, 0.1) is 0 Å². The van der Waals surface area contributed by atoms with Gasteiger partial charge < -0.3 is 0 Å². The third-order valence-electron chi connectivity index (χ3n) is 2.88. The molecule has 1 heterocycles. The van der Waals surface area contributed by atoms with Gasteiger partial charge in [-0.05, 0) is 18.9 Å². The SMILES string of the molecule is Cc1nccc(C(C)(C)C(C)C)n1. The lowest BCUT2D eigenvalue weighted by Crippen LogP contribution is -2.26. The van der Waals surface area contributed by atoms with Crippen molar-refractivity contribution in [1.82, 2.24) is 9.97 Å². The minimum atomic E-state index is 0.133. The van der Waals surface area contributed by atoms with Crippen LogP contribution in [0.3, 0.4) is 0 Å². The summed E-state index contributed by atoms with van der Waals surface area (Å²) < 4.78 is 0. The Hall–Kier alpha value is -0.920. The predicted molar refractivity (Wildman–Crippen MR) is 54.6 cm³/mol. The number of aryl methyl sites for hydroxylation is 1. The fraction of sp³-hybridized carbons (Fsp3) is 0.636. The molecular weight excluding hydrogens is 160 g/mol. The molecule has 0 fully saturated rings. The molecule has 13 heavy (non-hydrogen) atoms. The molecule has 2 nitrogen and oxygen atoms in total. The van der Waals surface area contributed by atoms with E-state index in [1.54, 1.807) is 0 Å². The second kappa shape index (κ2) is 3.44. The first-order chi connectivity index (χ1) is 5.94. The van der Waals surface area contributed by atoms with Crippen LogP contribution in [0.4, 0.5) is 0 Å². The average molecular weight is 178 g/mol. The van der Waals surface area contributed by atoms with Gasteiger partial charge in [-0.3, -0.25) is 0 Å². The molecule has 0 bridgehead atoms. The maximum Gasteiger partial charge on any atom is 0.125 e. The second-order valence-electron chi connectivity index (χ2n) is 4.37. The van der Waals surface area contributed by atoms with Crippen LogP contribution in [-0.4, -0.2) is 9.97 Å². The molecule has 0 aromatic carbocycles. The van der Waals surface area contributed by atoms with E-state index in [0.29, 0.717) is 5.92 Å². The van der Waals surface area contributed by atoms with Gasteiger partial charge in [0.15, 0.2) is 0 Å². The van der Waals surface area contributed by atoms with Gasteiger partial charge in [0.2, 0.25) is 0 Å². The van der Waals surface area contributed by atoms with E-state index in [9.17, 15) is 0 Å². The van der Waals surface area contributed by atoms with Crippen LogP contribution in [0, 0.1) is 12.8 Å². The Balaban J connectivity index is 3.07. The molecule has 0 aliphatic rings. The molecule has 72 valence electrons. The van der Waals surface area contributed by atoms with Crippen LogP contribution < -0.4 is 0 Å². The van der Waals surface area contributed by atoms with E-state index in [4.69, 9.17) is 0 Å². The summed E-state index contributed by atoms with van der Waals surface area (Å²) >= 11 is 0. The maximum absolute atomic E-state index is 4.46. The van der Waals surface area contributed by atoms with Gasteiger partial charge in [-0.15, -0.1) is 0 Å². The molecule has 0 saturated carbocycles. The number of hydrogen-bond acceptors (Lipinski definition) is 2. The van der Waals surface area contributed by atoms with Crippen LogP contribution in [0.15, 0.2) is 12.3 Å². The van der Waals surface area contributed by atoms with Crippen molar-refractivity contribution in [3.63, 3.8) is 0 Å². The summed E-state index contributed by atoms with van der Waals surface area (Å²) in [7, 11) is 0. The molecule has 0 radical (unpaired) electrons. The summed E-state index contributed by atoms with van der Waals surface area (Å²) in [5, 5.41) is 0. The highest BCUT2D eigenvalue weighted by atomic mass is 14.9. The molecule has 0 aliphatic carbocycles. The van der Waals surface area contributed by atoms with Crippen molar-refractivity contribution in [2.24, 2.45) is 5.92 Å². The minimum Gasteiger partial charge on any atom is -0.242 e. The van der Waals surface area contributed by atoms with Crippen LogP contribution in [0.25, 0.3) is 0 Å². The number of nitrogens with zero attached hydrogens (tertiary/aromatic N) is 2.